The zero-order valence-corrected chi connectivity index (χ0v) is 14.6. The minimum Gasteiger partial charge on any atom is -0.355 e. The van der Waals surface area contributed by atoms with Crippen LogP contribution < -0.4 is 11.1 Å². The van der Waals surface area contributed by atoms with Crippen molar-refractivity contribution in [2.45, 2.75) is 24.5 Å². The maximum atomic E-state index is 12.3. The molecular weight excluding hydrogens is 334 g/mol. The van der Waals surface area contributed by atoms with Gasteiger partial charge in [-0.3, -0.25) is 4.79 Å². The van der Waals surface area contributed by atoms with Crippen molar-refractivity contribution in [2.24, 2.45) is 5.73 Å². The van der Waals surface area contributed by atoms with Gasteiger partial charge in [-0.25, -0.2) is 8.42 Å². The number of amides is 1. The molecule has 9 heteroatoms. The third kappa shape index (κ3) is 5.55. The van der Waals surface area contributed by atoms with Gasteiger partial charge in [0.1, 0.15) is 4.21 Å². The first kappa shape index (κ1) is 20.3. The second kappa shape index (κ2) is 9.37. The summed E-state index contributed by atoms with van der Waals surface area (Å²) in [6, 6.07) is 3.41. The molecule has 0 atom stereocenters. The molecule has 0 saturated heterocycles. The molecule has 0 saturated carbocycles. The zero-order valence-electron chi connectivity index (χ0n) is 12.2. The lowest BCUT2D eigenvalue weighted by molar-refractivity contribution is -0.119. The van der Waals surface area contributed by atoms with E-state index in [1.807, 2.05) is 13.8 Å². The van der Waals surface area contributed by atoms with E-state index in [4.69, 9.17) is 5.73 Å². The fraction of sp³-hybridized carbons (Fsp3) is 0.583. The van der Waals surface area contributed by atoms with Crippen molar-refractivity contribution in [3.63, 3.8) is 0 Å². The van der Waals surface area contributed by atoms with E-state index in [0.29, 0.717) is 30.3 Å². The summed E-state index contributed by atoms with van der Waals surface area (Å²) in [5.74, 6) is -0.211. The van der Waals surface area contributed by atoms with Crippen molar-refractivity contribution in [3.8, 4) is 0 Å². The summed E-state index contributed by atoms with van der Waals surface area (Å²) < 4.78 is 26.4. The molecule has 1 aromatic heterocycles. The van der Waals surface area contributed by atoms with E-state index < -0.39 is 10.0 Å². The van der Waals surface area contributed by atoms with Gasteiger partial charge in [-0.15, -0.1) is 23.7 Å². The molecule has 1 amide bonds. The van der Waals surface area contributed by atoms with Crippen LogP contribution in [0.1, 0.15) is 18.7 Å². The minimum absolute atomic E-state index is 0. The normalized spacial score (nSPS) is 11.2. The lowest BCUT2D eigenvalue weighted by Gasteiger charge is -2.16. The van der Waals surface area contributed by atoms with Crippen molar-refractivity contribution in [2.75, 3.05) is 26.2 Å². The van der Waals surface area contributed by atoms with Gasteiger partial charge in [-0.1, -0.05) is 13.8 Å². The molecule has 0 unspecified atom stereocenters. The molecule has 1 heterocycles. The molecule has 0 radical (unpaired) electrons. The molecule has 0 aliphatic rings. The number of sulfonamides is 1. The van der Waals surface area contributed by atoms with Gasteiger partial charge in [0.15, 0.2) is 0 Å². The Kier molecular flexibility index (Phi) is 9.07. The summed E-state index contributed by atoms with van der Waals surface area (Å²) in [6.07, 6.45) is 0.601. The van der Waals surface area contributed by atoms with Crippen LogP contribution in [0.4, 0.5) is 0 Å². The molecule has 0 fully saturated rings. The van der Waals surface area contributed by atoms with E-state index in [9.17, 15) is 13.2 Å². The number of thiophene rings is 1. The third-order valence-corrected chi connectivity index (χ3v) is 6.48. The monoisotopic (exact) mass is 355 g/mol. The molecule has 0 spiro atoms. The van der Waals surface area contributed by atoms with Gasteiger partial charge >= 0.3 is 0 Å². The van der Waals surface area contributed by atoms with Crippen LogP contribution in [-0.4, -0.2) is 44.8 Å². The average Bonchev–Trinajstić information content (AvgIpc) is 2.89. The number of carbonyl (C=O) groups is 1. The topological polar surface area (TPSA) is 92.5 Å². The Balaban J connectivity index is 0.00000400. The number of nitrogens with one attached hydrogen (secondary N) is 1. The number of halogens is 1. The first-order chi connectivity index (χ1) is 9.45. The first-order valence-electron chi connectivity index (χ1n) is 6.51. The van der Waals surface area contributed by atoms with Crippen molar-refractivity contribution in [1.29, 1.82) is 0 Å². The maximum Gasteiger partial charge on any atom is 0.252 e. The highest BCUT2D eigenvalue weighted by Crippen LogP contribution is 2.25. The Hall–Kier alpha value is -0.670. The van der Waals surface area contributed by atoms with Crippen LogP contribution in [0.5, 0.6) is 0 Å². The van der Waals surface area contributed by atoms with Gasteiger partial charge in [-0.2, -0.15) is 4.31 Å². The smallest absolute Gasteiger partial charge is 0.252 e. The molecule has 0 aliphatic heterocycles. The highest BCUT2D eigenvalue weighted by atomic mass is 35.5. The van der Waals surface area contributed by atoms with Gasteiger partial charge in [-0.05, 0) is 18.6 Å². The van der Waals surface area contributed by atoms with Crippen LogP contribution in [0, 0.1) is 0 Å². The van der Waals surface area contributed by atoms with E-state index in [-0.39, 0.29) is 24.9 Å². The Morgan fingerprint density at radius 2 is 1.95 bits per heavy atom. The molecule has 0 aliphatic carbocycles. The Morgan fingerprint density at radius 3 is 2.48 bits per heavy atom. The van der Waals surface area contributed by atoms with Gasteiger partial charge in [0, 0.05) is 24.5 Å². The second-order valence-corrected chi connectivity index (χ2v) is 7.45. The minimum atomic E-state index is -3.38. The number of hydrogen-bond donors (Lipinski definition) is 2. The van der Waals surface area contributed by atoms with Crippen LogP contribution in [0.3, 0.4) is 0 Å². The highest BCUT2D eigenvalue weighted by molar-refractivity contribution is 7.91. The lowest BCUT2D eigenvalue weighted by Crippen LogP contribution is -2.31. The molecule has 0 bridgehead atoms. The summed E-state index contributed by atoms with van der Waals surface area (Å²) in [6.45, 7) is 4.97. The van der Waals surface area contributed by atoms with Crippen LogP contribution in [0.15, 0.2) is 16.3 Å². The quantitative estimate of drug-likeness (QED) is 0.722. The van der Waals surface area contributed by atoms with E-state index in [2.05, 4.69) is 5.32 Å². The number of hydrogen-bond acceptors (Lipinski definition) is 5. The molecule has 1 rings (SSSR count). The van der Waals surface area contributed by atoms with Gasteiger partial charge < -0.3 is 11.1 Å². The van der Waals surface area contributed by atoms with Crippen LogP contribution in [0.2, 0.25) is 0 Å². The van der Waals surface area contributed by atoms with Gasteiger partial charge in [0.05, 0.1) is 6.54 Å². The van der Waals surface area contributed by atoms with Crippen molar-refractivity contribution >= 4 is 39.7 Å². The first-order valence-corrected chi connectivity index (χ1v) is 8.77. The largest absolute Gasteiger partial charge is 0.355 e. The van der Waals surface area contributed by atoms with Crippen LogP contribution in [0.25, 0.3) is 0 Å². The predicted octanol–water partition coefficient (Wildman–Crippen LogP) is 0.818. The number of carbonyl (C=O) groups excluding carboxylic acids is 1. The van der Waals surface area contributed by atoms with Crippen molar-refractivity contribution in [1.82, 2.24) is 9.62 Å². The predicted molar refractivity (Wildman–Crippen MR) is 87.4 cm³/mol. The number of rotatable bonds is 8. The Bertz CT molecular complexity index is 542. The number of nitrogens with two attached hydrogens (primary N) is 1. The molecule has 3 N–H and O–H groups in total. The summed E-state index contributed by atoms with van der Waals surface area (Å²) in [5.41, 5.74) is 5.18. The summed E-state index contributed by atoms with van der Waals surface area (Å²) >= 11 is 1.25. The SMILES string of the molecule is CCN(CC)S(=O)(=O)c1ccc(CCNC(=O)CN)s1.Cl. The maximum absolute atomic E-state index is 12.3. The van der Waals surface area contributed by atoms with E-state index in [1.165, 1.54) is 15.6 Å². The summed E-state index contributed by atoms with van der Waals surface area (Å²) in [7, 11) is -3.38. The highest BCUT2D eigenvalue weighted by Gasteiger charge is 2.23. The van der Waals surface area contributed by atoms with E-state index in [0.717, 1.165) is 4.88 Å². The molecule has 6 nitrogen and oxygen atoms in total. The fourth-order valence-corrected chi connectivity index (χ4v) is 4.69. The lowest BCUT2D eigenvalue weighted by atomic mass is 10.3. The van der Waals surface area contributed by atoms with Gasteiger partial charge in [0.2, 0.25) is 5.91 Å². The molecule has 0 aromatic carbocycles. The number of nitrogens with zero attached hydrogens (tertiary/aromatic N) is 1. The van der Waals surface area contributed by atoms with Gasteiger partial charge in [0.25, 0.3) is 10.0 Å². The molecule has 1 aromatic rings. The van der Waals surface area contributed by atoms with Crippen LogP contribution >= 0.6 is 23.7 Å². The Morgan fingerprint density at radius 1 is 1.33 bits per heavy atom. The zero-order chi connectivity index (χ0) is 15.2. The van der Waals surface area contributed by atoms with Crippen molar-refractivity contribution in [3.05, 3.63) is 17.0 Å². The molecule has 21 heavy (non-hydrogen) atoms. The second-order valence-electron chi connectivity index (χ2n) is 4.11. The van der Waals surface area contributed by atoms with E-state index >= 15 is 0 Å². The summed E-state index contributed by atoms with van der Waals surface area (Å²) in [4.78, 5) is 11.9. The van der Waals surface area contributed by atoms with E-state index in [1.54, 1.807) is 12.1 Å². The summed E-state index contributed by atoms with van der Waals surface area (Å²) in [5, 5.41) is 2.66. The van der Waals surface area contributed by atoms with Crippen LogP contribution in [-0.2, 0) is 21.2 Å². The Labute approximate surface area is 136 Å². The van der Waals surface area contributed by atoms with Crippen molar-refractivity contribution < 1.29 is 13.2 Å². The standard InChI is InChI=1S/C12H21N3O3S2.ClH/c1-3-15(4-2)20(17,18)12-6-5-10(19-12)7-8-14-11(16)9-13;/h5-6H,3-4,7-9,13H2,1-2H3,(H,14,16);1H. The molecular formula is C12H22ClN3O3S2. The third-order valence-electron chi connectivity index (χ3n) is 2.82. The molecule has 122 valence electrons. The fourth-order valence-electron chi connectivity index (χ4n) is 1.72. The average molecular weight is 356 g/mol.